The van der Waals surface area contributed by atoms with Gasteiger partial charge in [-0.25, -0.2) is 9.97 Å². The first-order valence-corrected chi connectivity index (χ1v) is 4.96. The van der Waals surface area contributed by atoms with E-state index in [9.17, 15) is 0 Å². The fourth-order valence-electron chi connectivity index (χ4n) is 2.19. The standard InChI is InChI=1S/C10H12N4/c11-10-9-8(12-5-13-9)6-3-1-2-4-7(6)14-10/h5H,1-4H2,(H2,11,14)(H,12,13). The molecule has 0 fully saturated rings. The minimum absolute atomic E-state index is 0.582. The first-order chi connectivity index (χ1) is 6.86. The van der Waals surface area contributed by atoms with Gasteiger partial charge in [0.15, 0.2) is 0 Å². The number of aromatic amines is 1. The summed E-state index contributed by atoms with van der Waals surface area (Å²) in [4.78, 5) is 11.8. The molecule has 0 saturated heterocycles. The number of aryl methyl sites for hydroxylation is 2. The lowest BCUT2D eigenvalue weighted by Crippen LogP contribution is -2.08. The summed E-state index contributed by atoms with van der Waals surface area (Å²) in [6, 6.07) is 0. The number of anilines is 1. The van der Waals surface area contributed by atoms with Crippen molar-refractivity contribution in [3.8, 4) is 0 Å². The molecule has 0 atom stereocenters. The largest absolute Gasteiger partial charge is 0.382 e. The zero-order valence-electron chi connectivity index (χ0n) is 7.88. The predicted molar refractivity (Wildman–Crippen MR) is 54.9 cm³/mol. The van der Waals surface area contributed by atoms with Crippen molar-refractivity contribution in [3.63, 3.8) is 0 Å². The number of rotatable bonds is 0. The van der Waals surface area contributed by atoms with Crippen LogP contribution in [0, 0.1) is 0 Å². The Labute approximate surface area is 81.6 Å². The number of fused-ring (bicyclic) bond motifs is 3. The zero-order valence-corrected chi connectivity index (χ0v) is 7.88. The second-order valence-electron chi connectivity index (χ2n) is 3.76. The SMILES string of the molecule is Nc1nc2c(c3nc[nH]c13)CCCC2. The molecule has 4 heteroatoms. The van der Waals surface area contributed by atoms with Gasteiger partial charge < -0.3 is 10.7 Å². The second-order valence-corrected chi connectivity index (χ2v) is 3.76. The van der Waals surface area contributed by atoms with Crippen LogP contribution < -0.4 is 5.73 Å². The Hall–Kier alpha value is -1.58. The molecule has 0 spiro atoms. The highest BCUT2D eigenvalue weighted by molar-refractivity contribution is 5.87. The Balaban J connectivity index is 2.38. The van der Waals surface area contributed by atoms with Crippen LogP contribution in [0.2, 0.25) is 0 Å². The molecule has 0 radical (unpaired) electrons. The van der Waals surface area contributed by atoms with Crippen molar-refractivity contribution in [2.24, 2.45) is 0 Å². The lowest BCUT2D eigenvalue weighted by atomic mass is 9.95. The number of hydrogen-bond acceptors (Lipinski definition) is 3. The number of imidazole rings is 1. The van der Waals surface area contributed by atoms with Crippen LogP contribution in [0.5, 0.6) is 0 Å². The highest BCUT2D eigenvalue weighted by Gasteiger charge is 2.17. The quantitative estimate of drug-likeness (QED) is 0.657. The van der Waals surface area contributed by atoms with Gasteiger partial charge in [0.25, 0.3) is 0 Å². The minimum Gasteiger partial charge on any atom is -0.382 e. The monoisotopic (exact) mass is 188 g/mol. The minimum atomic E-state index is 0.582. The summed E-state index contributed by atoms with van der Waals surface area (Å²) in [7, 11) is 0. The number of H-pyrrole nitrogens is 1. The van der Waals surface area contributed by atoms with Gasteiger partial charge in [-0.2, -0.15) is 0 Å². The van der Waals surface area contributed by atoms with E-state index in [-0.39, 0.29) is 0 Å². The molecule has 2 heterocycles. The van der Waals surface area contributed by atoms with Crippen molar-refractivity contribution in [2.75, 3.05) is 5.73 Å². The molecule has 0 aliphatic heterocycles. The first-order valence-electron chi connectivity index (χ1n) is 4.96. The topological polar surface area (TPSA) is 67.6 Å². The third-order valence-electron chi connectivity index (χ3n) is 2.88. The molecular weight excluding hydrogens is 176 g/mol. The molecule has 0 amide bonds. The van der Waals surface area contributed by atoms with Crippen molar-refractivity contribution >= 4 is 16.9 Å². The third kappa shape index (κ3) is 0.937. The van der Waals surface area contributed by atoms with E-state index in [1.807, 2.05) is 0 Å². The molecular formula is C10H12N4. The Kier molecular flexibility index (Phi) is 1.50. The maximum Gasteiger partial charge on any atom is 0.149 e. The summed E-state index contributed by atoms with van der Waals surface area (Å²) >= 11 is 0. The van der Waals surface area contributed by atoms with E-state index in [1.165, 1.54) is 18.4 Å². The predicted octanol–water partition coefficient (Wildman–Crippen LogP) is 1.42. The van der Waals surface area contributed by atoms with Crippen LogP contribution in [-0.2, 0) is 12.8 Å². The molecule has 2 aromatic rings. The van der Waals surface area contributed by atoms with E-state index in [2.05, 4.69) is 15.0 Å². The normalized spacial score (nSPS) is 15.7. The van der Waals surface area contributed by atoms with E-state index in [0.29, 0.717) is 5.82 Å². The summed E-state index contributed by atoms with van der Waals surface area (Å²) in [5.74, 6) is 0.582. The Morgan fingerprint density at radius 1 is 1.29 bits per heavy atom. The molecule has 0 saturated carbocycles. The number of pyridine rings is 1. The van der Waals surface area contributed by atoms with Crippen LogP contribution in [0.1, 0.15) is 24.1 Å². The van der Waals surface area contributed by atoms with Crippen molar-refractivity contribution in [1.29, 1.82) is 0 Å². The number of nitrogens with one attached hydrogen (secondary N) is 1. The lowest BCUT2D eigenvalue weighted by Gasteiger charge is -2.15. The van der Waals surface area contributed by atoms with Crippen LogP contribution in [-0.4, -0.2) is 15.0 Å². The third-order valence-corrected chi connectivity index (χ3v) is 2.88. The van der Waals surface area contributed by atoms with Gasteiger partial charge in [0, 0.05) is 11.3 Å². The molecule has 1 aliphatic carbocycles. The summed E-state index contributed by atoms with van der Waals surface area (Å²) in [5.41, 5.74) is 10.2. The molecule has 1 aliphatic rings. The smallest absolute Gasteiger partial charge is 0.149 e. The second kappa shape index (κ2) is 2.70. The lowest BCUT2D eigenvalue weighted by molar-refractivity contribution is 0.673. The maximum atomic E-state index is 5.84. The van der Waals surface area contributed by atoms with Crippen LogP contribution in [0.15, 0.2) is 6.33 Å². The number of nitrogens with two attached hydrogens (primary N) is 1. The number of hydrogen-bond donors (Lipinski definition) is 2. The van der Waals surface area contributed by atoms with Crippen molar-refractivity contribution in [1.82, 2.24) is 15.0 Å². The summed E-state index contributed by atoms with van der Waals surface area (Å²) in [6.45, 7) is 0. The van der Waals surface area contributed by atoms with E-state index < -0.39 is 0 Å². The van der Waals surface area contributed by atoms with Gasteiger partial charge in [-0.3, -0.25) is 0 Å². The molecule has 72 valence electrons. The fourth-order valence-corrected chi connectivity index (χ4v) is 2.19. The highest BCUT2D eigenvalue weighted by atomic mass is 14.9. The molecule has 0 unspecified atom stereocenters. The Morgan fingerprint density at radius 3 is 3.07 bits per heavy atom. The van der Waals surface area contributed by atoms with Gasteiger partial charge in [-0.05, 0) is 25.7 Å². The van der Waals surface area contributed by atoms with Gasteiger partial charge in [-0.1, -0.05) is 0 Å². The van der Waals surface area contributed by atoms with Crippen LogP contribution in [0.3, 0.4) is 0 Å². The van der Waals surface area contributed by atoms with Crippen LogP contribution in [0.25, 0.3) is 11.0 Å². The molecule has 4 nitrogen and oxygen atoms in total. The molecule has 2 aromatic heterocycles. The first kappa shape index (κ1) is 7.79. The molecule has 0 bridgehead atoms. The summed E-state index contributed by atoms with van der Waals surface area (Å²) < 4.78 is 0. The number of aromatic nitrogens is 3. The van der Waals surface area contributed by atoms with Crippen LogP contribution in [0.4, 0.5) is 5.82 Å². The van der Waals surface area contributed by atoms with E-state index >= 15 is 0 Å². The maximum absolute atomic E-state index is 5.84. The fraction of sp³-hybridized carbons (Fsp3) is 0.400. The Morgan fingerprint density at radius 2 is 2.14 bits per heavy atom. The van der Waals surface area contributed by atoms with Crippen molar-refractivity contribution < 1.29 is 0 Å². The van der Waals surface area contributed by atoms with E-state index in [4.69, 9.17) is 5.73 Å². The van der Waals surface area contributed by atoms with E-state index in [1.54, 1.807) is 6.33 Å². The van der Waals surface area contributed by atoms with Crippen molar-refractivity contribution in [3.05, 3.63) is 17.6 Å². The highest BCUT2D eigenvalue weighted by Crippen LogP contribution is 2.28. The average Bonchev–Trinajstić information content (AvgIpc) is 2.67. The summed E-state index contributed by atoms with van der Waals surface area (Å²) in [6.07, 6.45) is 6.28. The zero-order chi connectivity index (χ0) is 9.54. The van der Waals surface area contributed by atoms with Gasteiger partial charge in [0.1, 0.15) is 11.3 Å². The molecule has 14 heavy (non-hydrogen) atoms. The molecule has 0 aromatic carbocycles. The van der Waals surface area contributed by atoms with E-state index in [0.717, 1.165) is 29.6 Å². The number of nitrogen functional groups attached to an aromatic ring is 1. The van der Waals surface area contributed by atoms with Gasteiger partial charge >= 0.3 is 0 Å². The molecule has 3 N–H and O–H groups in total. The number of nitrogens with zero attached hydrogens (tertiary/aromatic N) is 2. The summed E-state index contributed by atoms with van der Waals surface area (Å²) in [5, 5.41) is 0. The van der Waals surface area contributed by atoms with Gasteiger partial charge in [0.05, 0.1) is 11.8 Å². The van der Waals surface area contributed by atoms with Crippen LogP contribution >= 0.6 is 0 Å². The average molecular weight is 188 g/mol. The van der Waals surface area contributed by atoms with Gasteiger partial charge in [0.2, 0.25) is 0 Å². The van der Waals surface area contributed by atoms with Gasteiger partial charge in [-0.15, -0.1) is 0 Å². The Bertz CT molecular complexity index is 486. The molecule has 3 rings (SSSR count). The van der Waals surface area contributed by atoms with Crippen molar-refractivity contribution in [2.45, 2.75) is 25.7 Å².